The lowest BCUT2D eigenvalue weighted by Crippen LogP contribution is -2.20. The molecule has 0 spiro atoms. The van der Waals surface area contributed by atoms with Gasteiger partial charge in [-0.1, -0.05) is 0 Å². The zero-order chi connectivity index (χ0) is 19.3. The van der Waals surface area contributed by atoms with Gasteiger partial charge < -0.3 is 14.5 Å². The van der Waals surface area contributed by atoms with Crippen LogP contribution in [0.25, 0.3) is 22.0 Å². The summed E-state index contributed by atoms with van der Waals surface area (Å²) in [5.74, 6) is 0.702. The second kappa shape index (κ2) is 6.27. The smallest absolute Gasteiger partial charge is 0.272 e. The molecule has 0 saturated heterocycles. The Hall–Kier alpha value is -2.54. The van der Waals surface area contributed by atoms with Crippen LogP contribution in [-0.4, -0.2) is 37.8 Å². The molecule has 3 aromatic rings. The molecule has 4 rings (SSSR count). The number of hydrogen-bond donors (Lipinski definition) is 1. The molecule has 7 heteroatoms. The maximum atomic E-state index is 12.3. The highest BCUT2D eigenvalue weighted by Crippen LogP contribution is 2.39. The highest BCUT2D eigenvalue weighted by atomic mass is 32.2. The molecule has 2 heterocycles. The summed E-state index contributed by atoms with van der Waals surface area (Å²) in [5.41, 5.74) is 3.09. The van der Waals surface area contributed by atoms with E-state index in [1.165, 1.54) is 19.1 Å². The molecule has 1 aromatic carbocycles. The first-order chi connectivity index (χ1) is 12.8. The maximum Gasteiger partial charge on any atom is 0.272 e. The summed E-state index contributed by atoms with van der Waals surface area (Å²) >= 11 is 0. The number of anilines is 1. The Kier molecular flexibility index (Phi) is 4.14. The van der Waals surface area contributed by atoms with E-state index in [0.29, 0.717) is 11.4 Å². The van der Waals surface area contributed by atoms with Crippen molar-refractivity contribution >= 4 is 26.4 Å². The number of nitrogens with zero attached hydrogens (tertiary/aromatic N) is 2. The van der Waals surface area contributed by atoms with E-state index >= 15 is 0 Å². The largest absolute Gasteiger partial charge is 0.374 e. The molecule has 0 amide bonds. The molecule has 0 aliphatic heterocycles. The summed E-state index contributed by atoms with van der Waals surface area (Å²) in [6, 6.07) is 7.13. The SMILES string of the molecule is CN(CC1CC1)c1ccc(S(C)(=O)=O)cc1-c1cn(C)c2c(=O)[nH]ccc12. The number of H-pyrrole nitrogens is 1. The normalized spacial score (nSPS) is 14.6. The third-order valence-corrected chi connectivity index (χ3v) is 6.34. The van der Waals surface area contributed by atoms with Crippen LogP contribution >= 0.6 is 0 Å². The van der Waals surface area contributed by atoms with Crippen molar-refractivity contribution in [2.45, 2.75) is 17.7 Å². The summed E-state index contributed by atoms with van der Waals surface area (Å²) in [6.07, 6.45) is 7.22. The fraction of sp³-hybridized carbons (Fsp3) is 0.350. The van der Waals surface area contributed by atoms with E-state index < -0.39 is 9.84 Å². The molecule has 1 aliphatic rings. The second-order valence-electron chi connectivity index (χ2n) is 7.50. The fourth-order valence-electron chi connectivity index (χ4n) is 3.66. The fourth-order valence-corrected chi connectivity index (χ4v) is 4.31. The van der Waals surface area contributed by atoms with E-state index in [1.54, 1.807) is 22.9 Å². The second-order valence-corrected chi connectivity index (χ2v) is 9.51. The van der Waals surface area contributed by atoms with Crippen molar-refractivity contribution in [1.82, 2.24) is 9.55 Å². The highest BCUT2D eigenvalue weighted by molar-refractivity contribution is 7.90. The third kappa shape index (κ3) is 3.27. The van der Waals surface area contributed by atoms with Crippen LogP contribution in [0.5, 0.6) is 0 Å². The molecule has 0 radical (unpaired) electrons. The highest BCUT2D eigenvalue weighted by Gasteiger charge is 2.25. The van der Waals surface area contributed by atoms with Crippen LogP contribution in [0.4, 0.5) is 5.69 Å². The predicted octanol–water partition coefficient (Wildman–Crippen LogP) is 2.78. The van der Waals surface area contributed by atoms with Crippen molar-refractivity contribution in [2.24, 2.45) is 13.0 Å². The van der Waals surface area contributed by atoms with Gasteiger partial charge in [-0.15, -0.1) is 0 Å². The minimum Gasteiger partial charge on any atom is -0.374 e. The Morgan fingerprint density at radius 3 is 2.63 bits per heavy atom. The van der Waals surface area contributed by atoms with Crippen molar-refractivity contribution in [3.05, 3.63) is 47.0 Å². The van der Waals surface area contributed by atoms with Crippen molar-refractivity contribution in [3.8, 4) is 11.1 Å². The van der Waals surface area contributed by atoms with E-state index in [0.717, 1.165) is 28.7 Å². The standard InChI is InChI=1S/C20H23N3O3S/c1-22(11-13-4-5-13)18-7-6-14(27(3,25)26)10-16(18)17-12-23(2)19-15(17)8-9-21-20(19)24/h6-10,12-13H,4-5,11H2,1-3H3,(H,21,24). The number of aryl methyl sites for hydroxylation is 1. The van der Waals surface area contributed by atoms with E-state index in [-0.39, 0.29) is 10.5 Å². The summed E-state index contributed by atoms with van der Waals surface area (Å²) in [7, 11) is 0.531. The topological polar surface area (TPSA) is 75.2 Å². The number of rotatable bonds is 5. The van der Waals surface area contributed by atoms with E-state index in [9.17, 15) is 13.2 Å². The zero-order valence-corrected chi connectivity index (χ0v) is 16.5. The molecular formula is C20H23N3O3S. The number of pyridine rings is 1. The van der Waals surface area contributed by atoms with Gasteiger partial charge in [-0.3, -0.25) is 4.79 Å². The Balaban J connectivity index is 1.97. The van der Waals surface area contributed by atoms with Gasteiger partial charge in [-0.2, -0.15) is 0 Å². The van der Waals surface area contributed by atoms with Crippen LogP contribution in [0.15, 0.2) is 46.3 Å². The monoisotopic (exact) mass is 385 g/mol. The molecule has 0 unspecified atom stereocenters. The molecule has 1 saturated carbocycles. The van der Waals surface area contributed by atoms with Gasteiger partial charge in [0.2, 0.25) is 0 Å². The number of nitrogens with one attached hydrogen (secondary N) is 1. The first-order valence-electron chi connectivity index (χ1n) is 8.98. The lowest BCUT2D eigenvalue weighted by atomic mass is 10.0. The molecule has 1 fully saturated rings. The Labute approximate surface area is 158 Å². The zero-order valence-electron chi connectivity index (χ0n) is 15.7. The Morgan fingerprint density at radius 2 is 1.96 bits per heavy atom. The first-order valence-corrected chi connectivity index (χ1v) is 10.9. The Bertz CT molecular complexity index is 1190. The molecule has 1 aliphatic carbocycles. The number of aromatic nitrogens is 2. The van der Waals surface area contributed by atoms with Crippen LogP contribution in [-0.2, 0) is 16.9 Å². The van der Waals surface area contributed by atoms with Gasteiger partial charge in [0.1, 0.15) is 5.52 Å². The van der Waals surface area contributed by atoms with Crippen molar-refractivity contribution in [2.75, 3.05) is 24.7 Å². The summed E-state index contributed by atoms with van der Waals surface area (Å²) in [4.78, 5) is 17.4. The van der Waals surface area contributed by atoms with Gasteiger partial charge in [0.05, 0.1) is 4.90 Å². The molecule has 0 bridgehead atoms. The van der Waals surface area contributed by atoms with Gasteiger partial charge >= 0.3 is 0 Å². The molecule has 1 N–H and O–H groups in total. The van der Waals surface area contributed by atoms with Crippen LogP contribution in [0.3, 0.4) is 0 Å². The number of sulfone groups is 1. The predicted molar refractivity (Wildman–Crippen MR) is 108 cm³/mol. The van der Waals surface area contributed by atoms with Crippen molar-refractivity contribution in [1.29, 1.82) is 0 Å². The van der Waals surface area contributed by atoms with Crippen LogP contribution in [0.1, 0.15) is 12.8 Å². The van der Waals surface area contributed by atoms with E-state index in [4.69, 9.17) is 0 Å². The summed E-state index contributed by atoms with van der Waals surface area (Å²) in [5, 5.41) is 0.813. The van der Waals surface area contributed by atoms with E-state index in [1.807, 2.05) is 32.4 Å². The molecule has 142 valence electrons. The number of hydrogen-bond acceptors (Lipinski definition) is 4. The van der Waals surface area contributed by atoms with Crippen LogP contribution in [0.2, 0.25) is 0 Å². The minimum absolute atomic E-state index is 0.159. The van der Waals surface area contributed by atoms with Gasteiger partial charge in [-0.25, -0.2) is 8.42 Å². The van der Waals surface area contributed by atoms with E-state index in [2.05, 4.69) is 9.88 Å². The first kappa shape index (κ1) is 17.9. The third-order valence-electron chi connectivity index (χ3n) is 5.23. The summed E-state index contributed by atoms with van der Waals surface area (Å²) in [6.45, 7) is 0.941. The number of aromatic amines is 1. The van der Waals surface area contributed by atoms with Gasteiger partial charge in [0, 0.05) is 61.5 Å². The Morgan fingerprint density at radius 1 is 1.22 bits per heavy atom. The molecule has 2 aromatic heterocycles. The number of benzene rings is 1. The van der Waals surface area contributed by atoms with Gasteiger partial charge in [-0.05, 0) is 43.0 Å². The van der Waals surface area contributed by atoms with Crippen molar-refractivity contribution < 1.29 is 8.42 Å². The lowest BCUT2D eigenvalue weighted by molar-refractivity contribution is 0.602. The quantitative estimate of drug-likeness (QED) is 0.733. The van der Waals surface area contributed by atoms with Gasteiger partial charge in [0.25, 0.3) is 5.56 Å². The van der Waals surface area contributed by atoms with Gasteiger partial charge in [0.15, 0.2) is 9.84 Å². The minimum atomic E-state index is -3.33. The average Bonchev–Trinajstić information content (AvgIpc) is 3.35. The molecule has 27 heavy (non-hydrogen) atoms. The molecule has 0 atom stereocenters. The van der Waals surface area contributed by atoms with Crippen LogP contribution < -0.4 is 10.5 Å². The molecule has 6 nitrogen and oxygen atoms in total. The maximum absolute atomic E-state index is 12.3. The average molecular weight is 385 g/mol. The lowest BCUT2D eigenvalue weighted by Gasteiger charge is -2.23. The number of fused-ring (bicyclic) bond motifs is 1. The molecular weight excluding hydrogens is 362 g/mol. The van der Waals surface area contributed by atoms with Crippen LogP contribution in [0, 0.1) is 5.92 Å². The summed E-state index contributed by atoms with van der Waals surface area (Å²) < 4.78 is 26.1. The van der Waals surface area contributed by atoms with Crippen molar-refractivity contribution in [3.63, 3.8) is 0 Å².